The van der Waals surface area contributed by atoms with E-state index in [0.717, 1.165) is 44.4 Å². The van der Waals surface area contributed by atoms with E-state index in [1.54, 1.807) is 0 Å². The van der Waals surface area contributed by atoms with Crippen molar-refractivity contribution in [3.63, 3.8) is 0 Å². The Morgan fingerprint density at radius 1 is 1.29 bits per heavy atom. The van der Waals surface area contributed by atoms with Gasteiger partial charge in [-0.15, -0.1) is 35.3 Å². The lowest BCUT2D eigenvalue weighted by Crippen LogP contribution is -2.39. The Morgan fingerprint density at radius 3 is 2.82 bits per heavy atom. The van der Waals surface area contributed by atoms with Crippen molar-refractivity contribution in [2.75, 3.05) is 31.1 Å². The smallest absolute Gasteiger partial charge is 0.191 e. The number of thiophene rings is 1. The largest absolute Gasteiger partial charge is 0.357 e. The second-order valence-electron chi connectivity index (χ2n) is 7.18. The summed E-state index contributed by atoms with van der Waals surface area (Å²) in [6.07, 6.45) is 5.54. The molecule has 0 amide bonds. The molecule has 1 saturated heterocycles. The predicted octanol–water partition coefficient (Wildman–Crippen LogP) is 4.30. The summed E-state index contributed by atoms with van der Waals surface area (Å²) in [6.45, 7) is 9.06. The second kappa shape index (κ2) is 12.3. The van der Waals surface area contributed by atoms with Crippen LogP contribution in [0.15, 0.2) is 40.8 Å². The molecule has 1 aliphatic heterocycles. The molecule has 2 N–H and O–H groups in total. The lowest BCUT2D eigenvalue weighted by molar-refractivity contribution is 0.562. The fourth-order valence-electron chi connectivity index (χ4n) is 3.31. The van der Waals surface area contributed by atoms with Gasteiger partial charge in [0, 0.05) is 37.3 Å². The number of hydrogen-bond donors (Lipinski definition) is 2. The van der Waals surface area contributed by atoms with E-state index in [0.29, 0.717) is 12.5 Å². The molecule has 0 aliphatic carbocycles. The van der Waals surface area contributed by atoms with Crippen molar-refractivity contribution >= 4 is 47.1 Å². The third-order valence-electron chi connectivity index (χ3n) is 4.75. The number of rotatable bonds is 8. The van der Waals surface area contributed by atoms with E-state index in [2.05, 4.69) is 64.0 Å². The van der Waals surface area contributed by atoms with E-state index in [1.807, 2.05) is 17.5 Å². The molecule has 1 aliphatic rings. The van der Waals surface area contributed by atoms with Crippen molar-refractivity contribution in [1.29, 1.82) is 0 Å². The topological polar surface area (TPSA) is 52.6 Å². The molecule has 3 rings (SSSR count). The highest BCUT2D eigenvalue weighted by molar-refractivity contribution is 14.0. The van der Waals surface area contributed by atoms with Crippen LogP contribution in [0.5, 0.6) is 0 Å². The minimum atomic E-state index is 0. The molecule has 28 heavy (non-hydrogen) atoms. The number of hydrogen-bond acceptors (Lipinski definition) is 4. The molecule has 7 heteroatoms. The van der Waals surface area contributed by atoms with Crippen LogP contribution in [0, 0.1) is 5.92 Å². The van der Waals surface area contributed by atoms with Crippen LogP contribution in [0.1, 0.15) is 37.1 Å². The van der Waals surface area contributed by atoms with E-state index < -0.39 is 0 Å². The fraction of sp³-hybridized carbons (Fsp3) is 0.524. The van der Waals surface area contributed by atoms with Crippen LogP contribution in [-0.4, -0.2) is 37.1 Å². The molecule has 0 spiro atoms. The first-order valence-electron chi connectivity index (χ1n) is 9.99. The molecule has 2 aromatic heterocycles. The first-order chi connectivity index (χ1) is 13.2. The summed E-state index contributed by atoms with van der Waals surface area (Å²) in [5.41, 5.74) is 1.20. The number of pyridine rings is 1. The Labute approximate surface area is 190 Å². The maximum Gasteiger partial charge on any atom is 0.191 e. The highest BCUT2D eigenvalue weighted by atomic mass is 127. The summed E-state index contributed by atoms with van der Waals surface area (Å²) in [5, 5.41) is 8.99. The van der Waals surface area contributed by atoms with E-state index >= 15 is 0 Å². The zero-order valence-electron chi connectivity index (χ0n) is 16.9. The predicted molar refractivity (Wildman–Crippen MR) is 131 cm³/mol. The first-order valence-corrected chi connectivity index (χ1v) is 10.9. The zero-order chi connectivity index (χ0) is 18.9. The van der Waals surface area contributed by atoms with Crippen molar-refractivity contribution in [2.24, 2.45) is 10.9 Å². The molecule has 0 saturated carbocycles. The van der Waals surface area contributed by atoms with Crippen molar-refractivity contribution < 1.29 is 0 Å². The zero-order valence-corrected chi connectivity index (χ0v) is 20.0. The fourth-order valence-corrected chi connectivity index (χ4v) is 4.18. The maximum absolute atomic E-state index is 4.77. The first kappa shape index (κ1) is 22.9. The number of aromatic nitrogens is 1. The minimum Gasteiger partial charge on any atom is -0.357 e. The molecular weight excluding hydrogens is 481 g/mol. The van der Waals surface area contributed by atoms with Crippen LogP contribution < -0.4 is 15.5 Å². The molecular formula is C21H32IN5S. The lowest BCUT2D eigenvalue weighted by atomic mass is 10.1. The SMILES string of the molecule is CCNC(=NCc1ccnc(N2CCCC2)c1)NCC(C)Cc1cccs1.I. The van der Waals surface area contributed by atoms with Gasteiger partial charge in [-0.2, -0.15) is 0 Å². The molecule has 1 fully saturated rings. The van der Waals surface area contributed by atoms with Gasteiger partial charge in [0.05, 0.1) is 6.54 Å². The highest BCUT2D eigenvalue weighted by Crippen LogP contribution is 2.19. The maximum atomic E-state index is 4.77. The molecule has 0 bridgehead atoms. The third kappa shape index (κ3) is 7.24. The van der Waals surface area contributed by atoms with Crippen molar-refractivity contribution in [1.82, 2.24) is 15.6 Å². The van der Waals surface area contributed by atoms with Crippen LogP contribution in [0.25, 0.3) is 0 Å². The lowest BCUT2D eigenvalue weighted by Gasteiger charge is -2.17. The van der Waals surface area contributed by atoms with Crippen LogP contribution in [0.2, 0.25) is 0 Å². The Morgan fingerprint density at radius 2 is 2.11 bits per heavy atom. The summed E-state index contributed by atoms with van der Waals surface area (Å²) in [7, 11) is 0. The van der Waals surface area contributed by atoms with E-state index in [-0.39, 0.29) is 24.0 Å². The van der Waals surface area contributed by atoms with Gasteiger partial charge < -0.3 is 15.5 Å². The van der Waals surface area contributed by atoms with E-state index in [4.69, 9.17) is 4.99 Å². The normalized spacial score (nSPS) is 15.2. The number of anilines is 1. The molecule has 0 aromatic carbocycles. The van der Waals surface area contributed by atoms with Crippen LogP contribution >= 0.6 is 35.3 Å². The Balaban J connectivity index is 0.00000280. The van der Waals surface area contributed by atoms with Crippen LogP contribution in [-0.2, 0) is 13.0 Å². The van der Waals surface area contributed by atoms with Crippen molar-refractivity contribution in [3.8, 4) is 0 Å². The number of halogens is 1. The second-order valence-corrected chi connectivity index (χ2v) is 8.21. The van der Waals surface area contributed by atoms with Crippen LogP contribution in [0.3, 0.4) is 0 Å². The van der Waals surface area contributed by atoms with Crippen LogP contribution in [0.4, 0.5) is 5.82 Å². The van der Waals surface area contributed by atoms with Gasteiger partial charge in [-0.25, -0.2) is 9.98 Å². The molecule has 1 unspecified atom stereocenters. The molecule has 1 atom stereocenters. The molecule has 154 valence electrons. The standard InChI is InChI=1S/C21H31N5S.HI/c1-3-22-21(24-15-17(2)13-19-7-6-12-27-19)25-16-18-8-9-23-20(14-18)26-10-4-5-11-26;/h6-9,12,14,17H,3-5,10-11,13,15-16H2,1-2H3,(H2,22,24,25);1H. The third-order valence-corrected chi connectivity index (χ3v) is 5.65. The van der Waals surface area contributed by atoms with Gasteiger partial charge in [-0.3, -0.25) is 0 Å². The molecule has 5 nitrogen and oxygen atoms in total. The van der Waals surface area contributed by atoms with E-state index in [9.17, 15) is 0 Å². The Hall–Kier alpha value is -1.35. The summed E-state index contributed by atoms with van der Waals surface area (Å²) >= 11 is 1.83. The number of aliphatic imine (C=N–C) groups is 1. The Kier molecular flexibility index (Phi) is 10.0. The van der Waals surface area contributed by atoms with Gasteiger partial charge in [0.1, 0.15) is 5.82 Å². The summed E-state index contributed by atoms with van der Waals surface area (Å²) in [5.74, 6) is 2.54. The summed E-state index contributed by atoms with van der Waals surface area (Å²) < 4.78 is 0. The van der Waals surface area contributed by atoms with E-state index in [1.165, 1.54) is 23.3 Å². The Bertz CT molecular complexity index is 713. The summed E-state index contributed by atoms with van der Waals surface area (Å²) in [4.78, 5) is 13.1. The quantitative estimate of drug-likeness (QED) is 0.314. The monoisotopic (exact) mass is 513 g/mol. The van der Waals surface area contributed by atoms with Gasteiger partial charge in [0.15, 0.2) is 5.96 Å². The van der Waals surface area contributed by atoms with Gasteiger partial charge >= 0.3 is 0 Å². The average Bonchev–Trinajstić information content (AvgIpc) is 3.38. The minimum absolute atomic E-state index is 0. The number of nitrogens with one attached hydrogen (secondary N) is 2. The highest BCUT2D eigenvalue weighted by Gasteiger charge is 2.13. The number of nitrogens with zero attached hydrogens (tertiary/aromatic N) is 3. The summed E-state index contributed by atoms with van der Waals surface area (Å²) in [6, 6.07) is 8.57. The molecule has 0 radical (unpaired) electrons. The average molecular weight is 513 g/mol. The molecule has 3 heterocycles. The van der Waals surface area contributed by atoms with Gasteiger partial charge in [0.25, 0.3) is 0 Å². The van der Waals surface area contributed by atoms with Gasteiger partial charge in [-0.1, -0.05) is 13.0 Å². The molecule has 2 aromatic rings. The van der Waals surface area contributed by atoms with Crippen molar-refractivity contribution in [2.45, 2.75) is 39.7 Å². The number of guanidine groups is 1. The van der Waals surface area contributed by atoms with Gasteiger partial charge in [-0.05, 0) is 61.2 Å². The van der Waals surface area contributed by atoms with Gasteiger partial charge in [0.2, 0.25) is 0 Å². The van der Waals surface area contributed by atoms with Crippen molar-refractivity contribution in [3.05, 3.63) is 46.3 Å².